The zero-order valence-corrected chi connectivity index (χ0v) is 11.0. The lowest BCUT2D eigenvalue weighted by Crippen LogP contribution is -2.11. The predicted molar refractivity (Wildman–Crippen MR) is 67.2 cm³/mol. The average Bonchev–Trinajstić information content (AvgIpc) is 2.88. The second-order valence-corrected chi connectivity index (χ2v) is 5.68. The Morgan fingerprint density at radius 1 is 1.31 bits per heavy atom. The smallest absolute Gasteiger partial charge is 0.129 e. The van der Waals surface area contributed by atoms with Crippen LogP contribution in [0.1, 0.15) is 17.1 Å². The van der Waals surface area contributed by atoms with E-state index in [9.17, 15) is 0 Å². The fourth-order valence-electron chi connectivity index (χ4n) is 1.37. The molecule has 0 saturated carbocycles. The zero-order chi connectivity index (χ0) is 11.4. The second kappa shape index (κ2) is 5.63. The summed E-state index contributed by atoms with van der Waals surface area (Å²) in [5.41, 5.74) is 1.26. The largest absolute Gasteiger partial charge is 0.462 e. The lowest BCUT2D eigenvalue weighted by molar-refractivity contribution is 0.242. The summed E-state index contributed by atoms with van der Waals surface area (Å²) in [7, 11) is 0. The van der Waals surface area contributed by atoms with Gasteiger partial charge in [-0.25, -0.2) is 0 Å². The fraction of sp³-hybridized carbons (Fsp3) is 0.273. The Morgan fingerprint density at radius 2 is 2.12 bits per heavy atom. The minimum Gasteiger partial charge on any atom is -0.462 e. The van der Waals surface area contributed by atoms with E-state index in [-0.39, 0.29) is 6.61 Å². The van der Waals surface area contributed by atoms with Crippen LogP contribution < -0.4 is 5.32 Å². The molecule has 0 radical (unpaired) electrons. The van der Waals surface area contributed by atoms with Crippen LogP contribution in [0.25, 0.3) is 0 Å². The normalized spacial score (nSPS) is 10.9. The highest BCUT2D eigenvalue weighted by Crippen LogP contribution is 2.20. The first-order valence-corrected chi connectivity index (χ1v) is 6.57. The van der Waals surface area contributed by atoms with E-state index in [2.05, 4.69) is 32.7 Å². The summed E-state index contributed by atoms with van der Waals surface area (Å²) in [6.45, 7) is 1.45. The van der Waals surface area contributed by atoms with Gasteiger partial charge in [0, 0.05) is 6.54 Å². The molecule has 0 saturated heterocycles. The van der Waals surface area contributed by atoms with Crippen LogP contribution in [0.3, 0.4) is 0 Å². The third kappa shape index (κ3) is 3.18. The topological polar surface area (TPSA) is 45.4 Å². The molecule has 2 heterocycles. The molecule has 0 aliphatic carbocycles. The van der Waals surface area contributed by atoms with Gasteiger partial charge in [0.25, 0.3) is 0 Å². The summed E-state index contributed by atoms with van der Waals surface area (Å²) in [6.07, 6.45) is 0. The third-order valence-corrected chi connectivity index (χ3v) is 3.68. The van der Waals surface area contributed by atoms with Crippen LogP contribution >= 0.6 is 27.3 Å². The Hall–Kier alpha value is -0.620. The molecule has 2 aromatic rings. The number of nitrogens with one attached hydrogen (secondary N) is 1. The molecule has 2 N–H and O–H groups in total. The summed E-state index contributed by atoms with van der Waals surface area (Å²) < 4.78 is 6.50. The Kier molecular flexibility index (Phi) is 4.17. The van der Waals surface area contributed by atoms with Crippen molar-refractivity contribution in [3.8, 4) is 0 Å². The van der Waals surface area contributed by atoms with Crippen molar-refractivity contribution in [1.82, 2.24) is 5.32 Å². The highest BCUT2D eigenvalue weighted by Gasteiger charge is 2.01. The van der Waals surface area contributed by atoms with E-state index in [0.717, 1.165) is 16.1 Å². The SMILES string of the molecule is OCc1ccc(CNCc2csc(Br)c2)o1. The highest BCUT2D eigenvalue weighted by molar-refractivity contribution is 9.11. The average molecular weight is 302 g/mol. The molecule has 0 aliphatic rings. The summed E-state index contributed by atoms with van der Waals surface area (Å²) in [5, 5.41) is 14.2. The second-order valence-electron chi connectivity index (χ2n) is 3.39. The van der Waals surface area contributed by atoms with Crippen LogP contribution in [-0.4, -0.2) is 5.11 Å². The van der Waals surface area contributed by atoms with Crippen molar-refractivity contribution in [2.45, 2.75) is 19.7 Å². The van der Waals surface area contributed by atoms with Crippen molar-refractivity contribution in [3.05, 3.63) is 44.4 Å². The molecule has 0 unspecified atom stereocenters. The van der Waals surface area contributed by atoms with E-state index in [1.165, 1.54) is 5.56 Å². The van der Waals surface area contributed by atoms with Gasteiger partial charge in [-0.15, -0.1) is 11.3 Å². The quantitative estimate of drug-likeness (QED) is 0.892. The summed E-state index contributed by atoms with van der Waals surface area (Å²) in [6, 6.07) is 5.76. The molecule has 0 aromatic carbocycles. The van der Waals surface area contributed by atoms with Gasteiger partial charge in [0.1, 0.15) is 18.1 Å². The van der Waals surface area contributed by atoms with Gasteiger partial charge in [-0.2, -0.15) is 0 Å². The maximum atomic E-state index is 8.84. The molecule has 0 bridgehead atoms. The number of hydrogen-bond acceptors (Lipinski definition) is 4. The monoisotopic (exact) mass is 301 g/mol. The van der Waals surface area contributed by atoms with Crippen molar-refractivity contribution < 1.29 is 9.52 Å². The van der Waals surface area contributed by atoms with Gasteiger partial charge in [0.15, 0.2) is 0 Å². The van der Waals surface area contributed by atoms with Crippen LogP contribution in [0.15, 0.2) is 31.8 Å². The molecule has 2 aromatic heterocycles. The summed E-state index contributed by atoms with van der Waals surface area (Å²) in [4.78, 5) is 0. The van der Waals surface area contributed by atoms with Gasteiger partial charge < -0.3 is 14.8 Å². The lowest BCUT2D eigenvalue weighted by Gasteiger charge is -2.00. The zero-order valence-electron chi connectivity index (χ0n) is 8.57. The number of hydrogen-bond donors (Lipinski definition) is 2. The van der Waals surface area contributed by atoms with Crippen LogP contribution in [0, 0.1) is 0 Å². The number of thiophene rings is 1. The molecule has 86 valence electrons. The van der Waals surface area contributed by atoms with Crippen LogP contribution in [-0.2, 0) is 19.7 Å². The number of furan rings is 1. The molecule has 0 atom stereocenters. The van der Waals surface area contributed by atoms with E-state index in [1.807, 2.05) is 6.07 Å². The van der Waals surface area contributed by atoms with Gasteiger partial charge in [-0.3, -0.25) is 0 Å². The first kappa shape index (κ1) is 11.9. The number of halogens is 1. The van der Waals surface area contributed by atoms with Gasteiger partial charge >= 0.3 is 0 Å². The standard InChI is InChI=1S/C11H12BrNO2S/c12-11-3-8(7-16-11)4-13-5-9-1-2-10(6-14)15-9/h1-3,7,13-14H,4-6H2. The van der Waals surface area contributed by atoms with Crippen molar-refractivity contribution in [3.63, 3.8) is 0 Å². The van der Waals surface area contributed by atoms with E-state index in [4.69, 9.17) is 9.52 Å². The fourth-order valence-corrected chi connectivity index (χ4v) is 2.58. The molecular formula is C11H12BrNO2S. The third-order valence-electron chi connectivity index (χ3n) is 2.12. The van der Waals surface area contributed by atoms with Crippen LogP contribution in [0.5, 0.6) is 0 Å². The molecule has 0 fully saturated rings. The van der Waals surface area contributed by atoms with Crippen molar-refractivity contribution in [1.29, 1.82) is 0 Å². The van der Waals surface area contributed by atoms with Gasteiger partial charge in [-0.1, -0.05) is 0 Å². The summed E-state index contributed by atoms with van der Waals surface area (Å²) in [5.74, 6) is 1.45. The summed E-state index contributed by atoms with van der Waals surface area (Å²) >= 11 is 5.10. The van der Waals surface area contributed by atoms with E-state index in [0.29, 0.717) is 12.3 Å². The number of aliphatic hydroxyl groups excluding tert-OH is 1. The first-order valence-electron chi connectivity index (χ1n) is 4.90. The molecule has 0 amide bonds. The molecule has 3 nitrogen and oxygen atoms in total. The Balaban J connectivity index is 1.79. The molecular weight excluding hydrogens is 290 g/mol. The molecule has 5 heteroatoms. The molecule has 2 rings (SSSR count). The molecule has 0 aliphatic heterocycles. The Bertz CT molecular complexity index is 452. The van der Waals surface area contributed by atoms with Crippen molar-refractivity contribution in [2.75, 3.05) is 0 Å². The highest BCUT2D eigenvalue weighted by atomic mass is 79.9. The molecule has 16 heavy (non-hydrogen) atoms. The Morgan fingerprint density at radius 3 is 2.75 bits per heavy atom. The van der Waals surface area contributed by atoms with E-state index < -0.39 is 0 Å². The van der Waals surface area contributed by atoms with Crippen LogP contribution in [0.2, 0.25) is 0 Å². The maximum Gasteiger partial charge on any atom is 0.129 e. The lowest BCUT2D eigenvalue weighted by atomic mass is 10.3. The number of aliphatic hydroxyl groups is 1. The van der Waals surface area contributed by atoms with Gasteiger partial charge in [0.2, 0.25) is 0 Å². The predicted octanol–water partition coefficient (Wildman–Crippen LogP) is 2.89. The van der Waals surface area contributed by atoms with E-state index >= 15 is 0 Å². The van der Waals surface area contributed by atoms with E-state index in [1.54, 1.807) is 17.4 Å². The van der Waals surface area contributed by atoms with Gasteiger partial charge in [0.05, 0.1) is 10.3 Å². The van der Waals surface area contributed by atoms with Crippen molar-refractivity contribution >= 4 is 27.3 Å². The number of rotatable bonds is 5. The maximum absolute atomic E-state index is 8.84. The first-order chi connectivity index (χ1) is 7.78. The van der Waals surface area contributed by atoms with Crippen LogP contribution in [0.4, 0.5) is 0 Å². The minimum absolute atomic E-state index is 0.0442. The Labute approximate surface area is 106 Å². The van der Waals surface area contributed by atoms with Gasteiger partial charge in [-0.05, 0) is 45.1 Å². The molecule has 0 spiro atoms. The van der Waals surface area contributed by atoms with Crippen molar-refractivity contribution in [2.24, 2.45) is 0 Å². The minimum atomic E-state index is -0.0442.